The molecule has 1 fully saturated rings. The fraction of sp³-hybridized carbons (Fsp3) is 0.462. The van der Waals surface area contributed by atoms with Crippen LogP contribution in [-0.4, -0.2) is 32.9 Å². The van der Waals surface area contributed by atoms with E-state index in [0.29, 0.717) is 18.0 Å². The van der Waals surface area contributed by atoms with Crippen LogP contribution in [-0.2, 0) is 10.3 Å². The summed E-state index contributed by atoms with van der Waals surface area (Å²) < 4.78 is 21.0. The molecule has 1 aliphatic rings. The van der Waals surface area contributed by atoms with Gasteiger partial charge in [0.15, 0.2) is 5.82 Å². The average Bonchev–Trinajstić information content (AvgIpc) is 3.02. The van der Waals surface area contributed by atoms with Crippen molar-refractivity contribution in [1.82, 2.24) is 20.2 Å². The van der Waals surface area contributed by atoms with Crippen molar-refractivity contribution in [3.63, 3.8) is 0 Å². The zero-order valence-corrected chi connectivity index (χ0v) is 11.4. The van der Waals surface area contributed by atoms with E-state index in [0.717, 1.165) is 6.42 Å². The Morgan fingerprint density at radius 1 is 1.50 bits per heavy atom. The van der Waals surface area contributed by atoms with Gasteiger partial charge in [0.05, 0.1) is 17.3 Å². The molecule has 0 aliphatic carbocycles. The summed E-state index contributed by atoms with van der Waals surface area (Å²) in [6.45, 7) is 4.69. The van der Waals surface area contributed by atoms with Crippen molar-refractivity contribution in [2.75, 3.05) is 12.3 Å². The van der Waals surface area contributed by atoms with E-state index < -0.39 is 5.82 Å². The van der Waals surface area contributed by atoms with Gasteiger partial charge >= 0.3 is 0 Å². The summed E-state index contributed by atoms with van der Waals surface area (Å²) in [6.07, 6.45) is 0.798. The molecule has 1 saturated heterocycles. The Hall–Kier alpha value is -2.02. The van der Waals surface area contributed by atoms with E-state index in [-0.39, 0.29) is 17.3 Å². The zero-order chi connectivity index (χ0) is 14.3. The topological polar surface area (TPSA) is 78.8 Å². The van der Waals surface area contributed by atoms with Gasteiger partial charge in [-0.25, -0.2) is 9.07 Å². The molecule has 2 aromatic rings. The molecule has 0 amide bonds. The summed E-state index contributed by atoms with van der Waals surface area (Å²) in [4.78, 5) is 0. The lowest BCUT2D eigenvalue weighted by atomic mass is 9.94. The first-order valence-corrected chi connectivity index (χ1v) is 6.48. The van der Waals surface area contributed by atoms with Crippen molar-refractivity contribution < 1.29 is 9.13 Å². The molecule has 3 rings (SSSR count). The Bertz CT molecular complexity index is 643. The maximum atomic E-state index is 13.6. The van der Waals surface area contributed by atoms with Crippen molar-refractivity contribution in [3.05, 3.63) is 24.0 Å². The number of nitrogens with two attached hydrogens (primary N) is 1. The molecule has 0 spiro atoms. The van der Waals surface area contributed by atoms with E-state index in [1.165, 1.54) is 12.1 Å². The fourth-order valence-electron chi connectivity index (χ4n) is 2.48. The van der Waals surface area contributed by atoms with E-state index in [4.69, 9.17) is 10.5 Å². The number of hydrogen-bond acceptors (Lipinski definition) is 5. The molecule has 20 heavy (non-hydrogen) atoms. The van der Waals surface area contributed by atoms with Crippen LogP contribution in [0.2, 0.25) is 0 Å². The van der Waals surface area contributed by atoms with Gasteiger partial charge in [0.2, 0.25) is 0 Å². The predicted molar refractivity (Wildman–Crippen MR) is 71.3 cm³/mol. The first kappa shape index (κ1) is 13.0. The molecule has 0 radical (unpaired) electrons. The minimum atomic E-state index is -0.474. The van der Waals surface area contributed by atoms with E-state index >= 15 is 0 Å². The van der Waals surface area contributed by atoms with Crippen LogP contribution in [0.3, 0.4) is 0 Å². The van der Waals surface area contributed by atoms with Gasteiger partial charge in [-0.1, -0.05) is 0 Å². The molecule has 0 bridgehead atoms. The third-order valence-electron chi connectivity index (χ3n) is 4.06. The molecule has 1 aromatic heterocycles. The fourth-order valence-corrected chi connectivity index (χ4v) is 2.48. The zero-order valence-electron chi connectivity index (χ0n) is 11.4. The van der Waals surface area contributed by atoms with Crippen LogP contribution in [0.1, 0.15) is 20.3 Å². The Morgan fingerprint density at radius 2 is 2.30 bits per heavy atom. The molecular formula is C13H16FN5O. The van der Waals surface area contributed by atoms with Crippen molar-refractivity contribution >= 4 is 5.69 Å². The average molecular weight is 277 g/mol. The Labute approximate surface area is 115 Å². The maximum absolute atomic E-state index is 13.6. The number of benzene rings is 1. The second-order valence-electron chi connectivity index (χ2n) is 5.27. The van der Waals surface area contributed by atoms with Crippen molar-refractivity contribution in [1.29, 1.82) is 0 Å². The standard InChI is InChI=1S/C13H16FN5O/c1-8-13(2,5-6-20-8)19-12(16-17-18-19)9-3-4-11(15)10(14)7-9/h3-4,7-8H,5-6,15H2,1-2H3. The predicted octanol–water partition coefficient (Wildman–Crippen LogP) is 1.59. The van der Waals surface area contributed by atoms with E-state index in [2.05, 4.69) is 15.5 Å². The smallest absolute Gasteiger partial charge is 0.182 e. The maximum Gasteiger partial charge on any atom is 0.182 e. The first-order valence-electron chi connectivity index (χ1n) is 6.48. The molecule has 2 unspecified atom stereocenters. The third kappa shape index (κ3) is 1.85. The number of aromatic nitrogens is 4. The molecule has 2 heterocycles. The molecule has 7 heteroatoms. The number of nitrogen functional groups attached to an aromatic ring is 1. The number of halogens is 1. The highest BCUT2D eigenvalue weighted by Gasteiger charge is 2.41. The van der Waals surface area contributed by atoms with Crippen LogP contribution in [0.25, 0.3) is 11.4 Å². The van der Waals surface area contributed by atoms with Gasteiger partial charge in [0.25, 0.3) is 0 Å². The summed E-state index contributed by atoms with van der Waals surface area (Å²) in [5.41, 5.74) is 5.87. The van der Waals surface area contributed by atoms with E-state index in [1.807, 2.05) is 13.8 Å². The summed E-state index contributed by atoms with van der Waals surface area (Å²) in [7, 11) is 0. The van der Waals surface area contributed by atoms with Gasteiger partial charge in [-0.05, 0) is 48.9 Å². The minimum absolute atomic E-state index is 0.0108. The van der Waals surface area contributed by atoms with Crippen LogP contribution in [0, 0.1) is 5.82 Å². The summed E-state index contributed by atoms with van der Waals surface area (Å²) >= 11 is 0. The van der Waals surface area contributed by atoms with Crippen molar-refractivity contribution in [2.24, 2.45) is 0 Å². The molecule has 1 aromatic carbocycles. The van der Waals surface area contributed by atoms with Gasteiger partial charge in [0, 0.05) is 12.2 Å². The lowest BCUT2D eigenvalue weighted by molar-refractivity contribution is 0.0706. The van der Waals surface area contributed by atoms with E-state index in [9.17, 15) is 4.39 Å². The molecule has 2 atom stereocenters. The second kappa shape index (κ2) is 4.52. The van der Waals surface area contributed by atoms with Crippen LogP contribution < -0.4 is 5.73 Å². The van der Waals surface area contributed by atoms with Gasteiger partial charge in [-0.15, -0.1) is 5.10 Å². The Morgan fingerprint density at radius 3 is 2.95 bits per heavy atom. The lowest BCUT2D eigenvalue weighted by Gasteiger charge is -2.28. The SMILES string of the molecule is CC1OCCC1(C)n1nnnc1-c1ccc(N)c(F)c1. The van der Waals surface area contributed by atoms with Gasteiger partial charge in [-0.3, -0.25) is 0 Å². The summed E-state index contributed by atoms with van der Waals surface area (Å²) in [5.74, 6) is 0.0432. The number of hydrogen-bond donors (Lipinski definition) is 1. The van der Waals surface area contributed by atoms with Gasteiger partial charge in [0.1, 0.15) is 5.82 Å². The second-order valence-corrected chi connectivity index (χ2v) is 5.27. The van der Waals surface area contributed by atoms with Crippen LogP contribution in [0.4, 0.5) is 10.1 Å². The molecule has 6 nitrogen and oxygen atoms in total. The highest BCUT2D eigenvalue weighted by atomic mass is 19.1. The van der Waals surface area contributed by atoms with Gasteiger partial charge < -0.3 is 10.5 Å². The number of ether oxygens (including phenoxy) is 1. The Balaban J connectivity index is 2.08. The number of rotatable bonds is 2. The highest BCUT2D eigenvalue weighted by molar-refractivity contribution is 5.59. The number of tetrazole rings is 1. The van der Waals surface area contributed by atoms with Gasteiger partial charge in [-0.2, -0.15) is 0 Å². The lowest BCUT2D eigenvalue weighted by Crippen LogP contribution is -2.38. The summed E-state index contributed by atoms with van der Waals surface area (Å²) in [6, 6.07) is 4.58. The number of anilines is 1. The third-order valence-corrected chi connectivity index (χ3v) is 4.06. The number of nitrogens with zero attached hydrogens (tertiary/aromatic N) is 4. The monoisotopic (exact) mass is 277 g/mol. The highest BCUT2D eigenvalue weighted by Crippen LogP contribution is 2.35. The molecular weight excluding hydrogens is 261 g/mol. The normalized spacial score (nSPS) is 26.1. The minimum Gasteiger partial charge on any atom is -0.396 e. The van der Waals surface area contributed by atoms with Crippen molar-refractivity contribution in [2.45, 2.75) is 31.9 Å². The van der Waals surface area contributed by atoms with Crippen LogP contribution in [0.15, 0.2) is 18.2 Å². The van der Waals surface area contributed by atoms with Crippen LogP contribution >= 0.6 is 0 Å². The molecule has 2 N–H and O–H groups in total. The first-order chi connectivity index (χ1) is 9.52. The molecule has 0 saturated carbocycles. The molecule has 106 valence electrons. The van der Waals surface area contributed by atoms with E-state index in [1.54, 1.807) is 10.7 Å². The molecule has 1 aliphatic heterocycles. The van der Waals surface area contributed by atoms with Crippen molar-refractivity contribution in [3.8, 4) is 11.4 Å². The van der Waals surface area contributed by atoms with Crippen LogP contribution in [0.5, 0.6) is 0 Å². The quantitative estimate of drug-likeness (QED) is 0.843. The largest absolute Gasteiger partial charge is 0.396 e. The summed E-state index contributed by atoms with van der Waals surface area (Å²) in [5, 5.41) is 11.8. The Kier molecular flexibility index (Phi) is 2.93.